The van der Waals surface area contributed by atoms with Gasteiger partial charge in [0.15, 0.2) is 15.2 Å². The molecule has 0 radical (unpaired) electrons. The molecular formula is C14H15ClN2O3S. The number of esters is 1. The Kier molecular flexibility index (Phi) is 5.55. The fraction of sp³-hybridized carbons (Fsp3) is 0.286. The van der Waals surface area contributed by atoms with Crippen LogP contribution in [0.2, 0.25) is 5.15 Å². The molecule has 0 saturated heterocycles. The second-order valence-electron chi connectivity index (χ2n) is 4.34. The molecule has 1 unspecified atom stereocenters. The molecule has 7 heteroatoms. The van der Waals surface area contributed by atoms with Crippen LogP contribution in [0.25, 0.3) is 0 Å². The fourth-order valence-corrected chi connectivity index (χ4v) is 3.00. The summed E-state index contributed by atoms with van der Waals surface area (Å²) in [6, 6.07) is 9.59. The lowest BCUT2D eigenvalue weighted by atomic mass is 10.1. The van der Waals surface area contributed by atoms with Gasteiger partial charge in [0.05, 0.1) is 19.8 Å². The van der Waals surface area contributed by atoms with Gasteiger partial charge in [0, 0.05) is 0 Å². The maximum absolute atomic E-state index is 11.5. The van der Waals surface area contributed by atoms with Gasteiger partial charge in [-0.2, -0.15) is 0 Å². The third-order valence-corrected chi connectivity index (χ3v) is 4.18. The van der Waals surface area contributed by atoms with Crippen molar-refractivity contribution in [2.45, 2.75) is 12.5 Å². The zero-order valence-corrected chi connectivity index (χ0v) is 12.9. The van der Waals surface area contributed by atoms with Gasteiger partial charge in [0.1, 0.15) is 0 Å². The Bertz CT molecular complexity index is 604. The highest BCUT2D eigenvalue weighted by atomic mass is 35.5. The molecule has 2 rings (SSSR count). The van der Waals surface area contributed by atoms with Gasteiger partial charge in [-0.05, 0) is 12.0 Å². The lowest BCUT2D eigenvalue weighted by molar-refractivity contribution is 0.0606. The number of methoxy groups -OCH3 is 1. The number of nitrogens with zero attached hydrogens (tertiary/aromatic N) is 1. The number of aliphatic hydroxyl groups is 1. The van der Waals surface area contributed by atoms with E-state index in [-0.39, 0.29) is 22.7 Å². The molecule has 2 aromatic rings. The Morgan fingerprint density at radius 3 is 2.81 bits per heavy atom. The standard InChI is InChI=1S/C14H15ClN2O3S/c1-20-13(19)11-12(15)17-14(21-11)16-10(8-18)7-9-5-3-2-4-6-9/h2-6,10,18H,7-8H2,1H3,(H,16,17). The van der Waals surface area contributed by atoms with E-state index in [1.807, 2.05) is 30.3 Å². The second kappa shape index (κ2) is 7.40. The fourth-order valence-electron chi connectivity index (χ4n) is 1.82. The molecule has 5 nitrogen and oxygen atoms in total. The third-order valence-electron chi connectivity index (χ3n) is 2.83. The molecule has 0 spiro atoms. The molecule has 0 aliphatic heterocycles. The molecule has 1 aromatic carbocycles. The average Bonchev–Trinajstić information content (AvgIpc) is 2.87. The van der Waals surface area contributed by atoms with Gasteiger partial charge in [-0.25, -0.2) is 9.78 Å². The van der Waals surface area contributed by atoms with Gasteiger partial charge in [-0.15, -0.1) is 0 Å². The monoisotopic (exact) mass is 326 g/mol. The summed E-state index contributed by atoms with van der Waals surface area (Å²) in [5, 5.41) is 13.1. The first-order valence-corrected chi connectivity index (χ1v) is 7.49. The molecule has 21 heavy (non-hydrogen) atoms. The molecule has 1 atom stereocenters. The topological polar surface area (TPSA) is 71.5 Å². The van der Waals surface area contributed by atoms with E-state index in [9.17, 15) is 9.90 Å². The molecule has 0 aliphatic carbocycles. The van der Waals surface area contributed by atoms with Crippen LogP contribution in [0.3, 0.4) is 0 Å². The Labute approximate surface area is 131 Å². The van der Waals surface area contributed by atoms with Gasteiger partial charge in [0.2, 0.25) is 0 Å². The third kappa shape index (κ3) is 4.17. The smallest absolute Gasteiger partial charge is 0.351 e. The number of anilines is 1. The number of halogens is 1. The number of ether oxygens (including phenoxy) is 1. The van der Waals surface area contributed by atoms with E-state index in [4.69, 9.17) is 11.6 Å². The lowest BCUT2D eigenvalue weighted by Gasteiger charge is -2.15. The van der Waals surface area contributed by atoms with E-state index in [0.717, 1.165) is 16.9 Å². The molecule has 0 bridgehead atoms. The predicted molar refractivity (Wildman–Crippen MR) is 83.1 cm³/mol. The summed E-state index contributed by atoms with van der Waals surface area (Å²) in [4.78, 5) is 15.8. The number of carbonyl (C=O) groups excluding carboxylic acids is 1. The quantitative estimate of drug-likeness (QED) is 0.798. The summed E-state index contributed by atoms with van der Waals surface area (Å²) in [7, 11) is 1.29. The highest BCUT2D eigenvalue weighted by Gasteiger charge is 2.19. The first kappa shape index (κ1) is 15.8. The average molecular weight is 327 g/mol. The van der Waals surface area contributed by atoms with Crippen LogP contribution in [0.15, 0.2) is 30.3 Å². The Balaban J connectivity index is 2.07. The van der Waals surface area contributed by atoms with Crippen molar-refractivity contribution in [2.24, 2.45) is 0 Å². The van der Waals surface area contributed by atoms with Crippen molar-refractivity contribution in [1.82, 2.24) is 4.98 Å². The van der Waals surface area contributed by atoms with Crippen molar-refractivity contribution in [3.05, 3.63) is 45.9 Å². The van der Waals surface area contributed by atoms with Crippen LogP contribution >= 0.6 is 22.9 Å². The van der Waals surface area contributed by atoms with Crippen LogP contribution in [0.4, 0.5) is 5.13 Å². The number of hydrogen-bond donors (Lipinski definition) is 2. The number of rotatable bonds is 6. The molecule has 0 fully saturated rings. The molecule has 1 heterocycles. The second-order valence-corrected chi connectivity index (χ2v) is 5.70. The molecule has 112 valence electrons. The number of carbonyl (C=O) groups is 1. The maximum atomic E-state index is 11.5. The van der Waals surface area contributed by atoms with Crippen molar-refractivity contribution >= 4 is 34.0 Å². The normalized spacial score (nSPS) is 12.0. The van der Waals surface area contributed by atoms with Crippen LogP contribution in [0.5, 0.6) is 0 Å². The van der Waals surface area contributed by atoms with E-state index < -0.39 is 5.97 Å². The van der Waals surface area contributed by atoms with Crippen LogP contribution < -0.4 is 5.32 Å². The van der Waals surface area contributed by atoms with Crippen molar-refractivity contribution in [3.63, 3.8) is 0 Å². The molecule has 1 aromatic heterocycles. The number of nitrogens with one attached hydrogen (secondary N) is 1. The molecule has 0 aliphatic rings. The zero-order chi connectivity index (χ0) is 15.2. The van der Waals surface area contributed by atoms with Crippen molar-refractivity contribution in [3.8, 4) is 0 Å². The SMILES string of the molecule is COC(=O)c1sc(NC(CO)Cc2ccccc2)nc1Cl. The van der Waals surface area contributed by atoms with Crippen molar-refractivity contribution < 1.29 is 14.6 Å². The van der Waals surface area contributed by atoms with E-state index in [1.165, 1.54) is 7.11 Å². The number of benzene rings is 1. The summed E-state index contributed by atoms with van der Waals surface area (Å²) in [6.07, 6.45) is 0.641. The van der Waals surface area contributed by atoms with E-state index in [0.29, 0.717) is 11.6 Å². The summed E-state index contributed by atoms with van der Waals surface area (Å²) < 4.78 is 4.63. The molecule has 0 saturated carbocycles. The zero-order valence-electron chi connectivity index (χ0n) is 11.4. The van der Waals surface area contributed by atoms with Gasteiger partial charge < -0.3 is 15.2 Å². The van der Waals surface area contributed by atoms with Gasteiger partial charge in [-0.3, -0.25) is 0 Å². The molecule has 2 N–H and O–H groups in total. The Morgan fingerprint density at radius 1 is 1.48 bits per heavy atom. The van der Waals surface area contributed by atoms with E-state index in [2.05, 4.69) is 15.0 Å². The first-order valence-electron chi connectivity index (χ1n) is 6.30. The van der Waals surface area contributed by atoms with E-state index >= 15 is 0 Å². The van der Waals surface area contributed by atoms with Crippen LogP contribution in [0, 0.1) is 0 Å². The summed E-state index contributed by atoms with van der Waals surface area (Å²) in [5.41, 5.74) is 1.10. The summed E-state index contributed by atoms with van der Waals surface area (Å²) >= 11 is 7.01. The lowest BCUT2D eigenvalue weighted by Crippen LogP contribution is -2.26. The first-order chi connectivity index (χ1) is 10.1. The summed E-state index contributed by atoms with van der Waals surface area (Å²) in [6.45, 7) is -0.0559. The van der Waals surface area contributed by atoms with E-state index in [1.54, 1.807) is 0 Å². The summed E-state index contributed by atoms with van der Waals surface area (Å²) in [5.74, 6) is -0.519. The molecular weight excluding hydrogens is 312 g/mol. The van der Waals surface area contributed by atoms with Gasteiger partial charge >= 0.3 is 5.97 Å². The van der Waals surface area contributed by atoms with Gasteiger partial charge in [0.25, 0.3) is 0 Å². The number of aliphatic hydroxyl groups excluding tert-OH is 1. The Hall–Kier alpha value is -1.63. The predicted octanol–water partition coefficient (Wildman–Crippen LogP) is 2.60. The minimum absolute atomic E-state index is 0.0559. The number of thiazole rings is 1. The number of aromatic nitrogens is 1. The van der Waals surface area contributed by atoms with Gasteiger partial charge in [-0.1, -0.05) is 53.3 Å². The van der Waals surface area contributed by atoms with Crippen molar-refractivity contribution in [2.75, 3.05) is 19.0 Å². The highest BCUT2D eigenvalue weighted by Crippen LogP contribution is 2.28. The number of hydrogen-bond acceptors (Lipinski definition) is 6. The minimum atomic E-state index is -0.519. The largest absolute Gasteiger partial charge is 0.465 e. The highest BCUT2D eigenvalue weighted by molar-refractivity contribution is 7.18. The van der Waals surface area contributed by atoms with Crippen molar-refractivity contribution in [1.29, 1.82) is 0 Å². The van der Waals surface area contributed by atoms with Crippen LogP contribution in [-0.4, -0.2) is 35.8 Å². The van der Waals surface area contributed by atoms with Crippen LogP contribution in [0.1, 0.15) is 15.2 Å². The van der Waals surface area contributed by atoms with Crippen LogP contribution in [-0.2, 0) is 11.2 Å². The maximum Gasteiger partial charge on any atom is 0.351 e. The Morgan fingerprint density at radius 2 is 2.19 bits per heavy atom. The minimum Gasteiger partial charge on any atom is -0.465 e. The molecule has 0 amide bonds.